The van der Waals surface area contributed by atoms with E-state index in [0.717, 1.165) is 18.2 Å². The summed E-state index contributed by atoms with van der Waals surface area (Å²) in [6.07, 6.45) is 0.471. The van der Waals surface area contributed by atoms with E-state index in [0.29, 0.717) is 6.42 Å². The first kappa shape index (κ1) is 12.1. The summed E-state index contributed by atoms with van der Waals surface area (Å²) < 4.78 is 48.6. The Kier molecular flexibility index (Phi) is 3.79. The monoisotopic (exact) mass is 234 g/mol. The first-order chi connectivity index (χ1) is 6.94. The molecule has 0 saturated heterocycles. The highest BCUT2D eigenvalue weighted by Gasteiger charge is 2.14. The molecular weight excluding hydrogens is 222 g/mol. The van der Waals surface area contributed by atoms with Gasteiger partial charge in [-0.3, -0.25) is 0 Å². The lowest BCUT2D eigenvalue weighted by Crippen LogP contribution is -2.10. The van der Waals surface area contributed by atoms with Gasteiger partial charge in [-0.25, -0.2) is 17.2 Å². The van der Waals surface area contributed by atoms with Crippen LogP contribution in [0.1, 0.15) is 18.9 Å². The Morgan fingerprint density at radius 3 is 2.53 bits per heavy atom. The molecule has 0 bridgehead atoms. The van der Waals surface area contributed by atoms with Gasteiger partial charge in [-0.1, -0.05) is 6.92 Å². The molecule has 1 aromatic carbocycles. The highest BCUT2D eigenvalue weighted by atomic mass is 32.2. The lowest BCUT2D eigenvalue weighted by Gasteiger charge is -2.04. The van der Waals surface area contributed by atoms with Crippen molar-refractivity contribution in [3.63, 3.8) is 0 Å². The van der Waals surface area contributed by atoms with E-state index in [2.05, 4.69) is 0 Å². The molecule has 0 unspecified atom stereocenters. The van der Waals surface area contributed by atoms with Crippen molar-refractivity contribution in [2.24, 2.45) is 0 Å². The van der Waals surface area contributed by atoms with Gasteiger partial charge in [0.05, 0.1) is 11.5 Å². The maximum Gasteiger partial charge on any atom is 0.154 e. The molecule has 0 aliphatic heterocycles. The summed E-state index contributed by atoms with van der Waals surface area (Å²) in [4.78, 5) is 0. The van der Waals surface area contributed by atoms with Crippen molar-refractivity contribution >= 4 is 9.84 Å². The molecule has 2 nitrogen and oxygen atoms in total. The third-order valence-corrected chi connectivity index (χ3v) is 3.68. The number of hydrogen-bond acceptors (Lipinski definition) is 2. The summed E-state index contributed by atoms with van der Waals surface area (Å²) in [5.74, 6) is -1.76. The highest BCUT2D eigenvalue weighted by Crippen LogP contribution is 2.13. The van der Waals surface area contributed by atoms with E-state index in [4.69, 9.17) is 0 Å². The lowest BCUT2D eigenvalue weighted by atomic mass is 10.2. The van der Waals surface area contributed by atoms with Crippen LogP contribution in [0.4, 0.5) is 8.78 Å². The fourth-order valence-electron chi connectivity index (χ4n) is 1.27. The van der Waals surface area contributed by atoms with Crippen molar-refractivity contribution in [1.29, 1.82) is 0 Å². The summed E-state index contributed by atoms with van der Waals surface area (Å²) in [5, 5.41) is 0. The Morgan fingerprint density at radius 2 is 1.93 bits per heavy atom. The molecule has 0 aliphatic rings. The second kappa shape index (κ2) is 4.70. The molecule has 0 aliphatic carbocycles. The van der Waals surface area contributed by atoms with Crippen LogP contribution in [0, 0.1) is 11.6 Å². The molecule has 1 aromatic rings. The van der Waals surface area contributed by atoms with Crippen molar-refractivity contribution in [1.82, 2.24) is 0 Å². The second-order valence-electron chi connectivity index (χ2n) is 3.33. The zero-order valence-corrected chi connectivity index (χ0v) is 9.15. The Labute approximate surface area is 87.8 Å². The predicted octanol–water partition coefficient (Wildman–Crippen LogP) is 2.29. The van der Waals surface area contributed by atoms with Crippen LogP contribution in [0.25, 0.3) is 0 Å². The normalized spacial score (nSPS) is 11.7. The molecule has 0 N–H and O–H groups in total. The van der Waals surface area contributed by atoms with E-state index in [1.165, 1.54) is 0 Å². The Bertz CT molecular complexity index is 441. The van der Waals surface area contributed by atoms with Crippen molar-refractivity contribution < 1.29 is 17.2 Å². The van der Waals surface area contributed by atoms with Crippen molar-refractivity contribution in [3.8, 4) is 0 Å². The van der Waals surface area contributed by atoms with Gasteiger partial charge in [0.2, 0.25) is 0 Å². The molecule has 0 aromatic heterocycles. The zero-order chi connectivity index (χ0) is 11.5. The summed E-state index contributed by atoms with van der Waals surface area (Å²) in [6, 6.07) is 2.82. The van der Waals surface area contributed by atoms with Gasteiger partial charge in [0, 0.05) is 5.56 Å². The molecule has 0 heterocycles. The van der Waals surface area contributed by atoms with Gasteiger partial charge >= 0.3 is 0 Å². The van der Waals surface area contributed by atoms with E-state index >= 15 is 0 Å². The maximum absolute atomic E-state index is 13.1. The van der Waals surface area contributed by atoms with Gasteiger partial charge in [-0.15, -0.1) is 0 Å². The quantitative estimate of drug-likeness (QED) is 0.801. The van der Waals surface area contributed by atoms with Crippen molar-refractivity contribution in [2.45, 2.75) is 19.1 Å². The fourth-order valence-corrected chi connectivity index (χ4v) is 2.74. The van der Waals surface area contributed by atoms with E-state index in [1.54, 1.807) is 6.92 Å². The van der Waals surface area contributed by atoms with Crippen LogP contribution in [0.5, 0.6) is 0 Å². The van der Waals surface area contributed by atoms with E-state index in [9.17, 15) is 17.2 Å². The average Bonchev–Trinajstić information content (AvgIpc) is 2.10. The second-order valence-corrected chi connectivity index (χ2v) is 5.51. The van der Waals surface area contributed by atoms with Crippen molar-refractivity contribution in [3.05, 3.63) is 35.4 Å². The van der Waals surface area contributed by atoms with Crippen LogP contribution in [0.2, 0.25) is 0 Å². The third-order valence-electron chi connectivity index (χ3n) is 1.90. The van der Waals surface area contributed by atoms with Crippen molar-refractivity contribution in [2.75, 3.05) is 5.75 Å². The van der Waals surface area contributed by atoms with Gasteiger partial charge < -0.3 is 0 Å². The molecule has 1 rings (SSSR count). The van der Waals surface area contributed by atoms with Crippen LogP contribution >= 0.6 is 0 Å². The maximum atomic E-state index is 13.1. The van der Waals surface area contributed by atoms with Gasteiger partial charge in [-0.2, -0.15) is 0 Å². The molecule has 0 saturated carbocycles. The summed E-state index contributed by atoms with van der Waals surface area (Å²) in [7, 11) is -3.33. The van der Waals surface area contributed by atoms with E-state index in [-0.39, 0.29) is 11.3 Å². The number of hydrogen-bond donors (Lipinski definition) is 0. The van der Waals surface area contributed by atoms with Gasteiger partial charge in [0.15, 0.2) is 9.84 Å². The number of halogens is 2. The molecule has 0 radical (unpaired) electrons. The fraction of sp³-hybridized carbons (Fsp3) is 0.400. The largest absolute Gasteiger partial charge is 0.228 e. The average molecular weight is 234 g/mol. The molecule has 0 fully saturated rings. The lowest BCUT2D eigenvalue weighted by molar-refractivity contribution is 0.578. The number of benzene rings is 1. The minimum atomic E-state index is -3.33. The first-order valence-electron chi connectivity index (χ1n) is 4.59. The zero-order valence-electron chi connectivity index (χ0n) is 8.33. The van der Waals surface area contributed by atoms with Crippen LogP contribution < -0.4 is 0 Å². The summed E-state index contributed by atoms with van der Waals surface area (Å²) in [5.41, 5.74) is -0.108. The number of sulfone groups is 1. The smallest absolute Gasteiger partial charge is 0.154 e. The van der Waals surface area contributed by atoms with E-state index in [1.807, 2.05) is 0 Å². The first-order valence-corrected chi connectivity index (χ1v) is 6.41. The van der Waals surface area contributed by atoms with Crippen LogP contribution in [0.3, 0.4) is 0 Å². The Hall–Kier alpha value is -0.970. The molecular formula is C10H12F2O2S. The van der Waals surface area contributed by atoms with Gasteiger partial charge in [0.25, 0.3) is 0 Å². The topological polar surface area (TPSA) is 34.1 Å². The molecule has 84 valence electrons. The summed E-state index contributed by atoms with van der Waals surface area (Å²) >= 11 is 0. The molecule has 0 amide bonds. The summed E-state index contributed by atoms with van der Waals surface area (Å²) in [6.45, 7) is 1.72. The van der Waals surface area contributed by atoms with Gasteiger partial charge in [-0.05, 0) is 24.6 Å². The van der Waals surface area contributed by atoms with E-state index < -0.39 is 27.2 Å². The number of rotatable bonds is 4. The minimum absolute atomic E-state index is 0.0110. The third kappa shape index (κ3) is 3.58. The van der Waals surface area contributed by atoms with Crippen LogP contribution in [-0.2, 0) is 15.6 Å². The Balaban J connectivity index is 2.94. The highest BCUT2D eigenvalue weighted by molar-refractivity contribution is 7.90. The minimum Gasteiger partial charge on any atom is -0.228 e. The van der Waals surface area contributed by atoms with Crippen LogP contribution in [-0.4, -0.2) is 14.2 Å². The molecule has 5 heteroatoms. The van der Waals surface area contributed by atoms with Crippen LogP contribution in [0.15, 0.2) is 18.2 Å². The molecule has 0 atom stereocenters. The molecule has 15 heavy (non-hydrogen) atoms. The predicted molar refractivity (Wildman–Crippen MR) is 54.1 cm³/mol. The Morgan fingerprint density at radius 1 is 1.27 bits per heavy atom. The standard InChI is InChI=1S/C10H12F2O2S/c1-2-5-15(13,14)7-8-6-9(11)3-4-10(8)12/h3-4,6H,2,5,7H2,1H3. The SMILES string of the molecule is CCCS(=O)(=O)Cc1cc(F)ccc1F. The van der Waals surface area contributed by atoms with Gasteiger partial charge in [0.1, 0.15) is 11.6 Å². The molecule has 0 spiro atoms.